The minimum atomic E-state index is -1.41. The molecule has 0 saturated carbocycles. The van der Waals surface area contributed by atoms with Gasteiger partial charge in [0.2, 0.25) is 0 Å². The standard InChI is InChI=1S/C11H14N4O5S/c16-1-4-6(17)7(18)8(19)11(20-4)21-10-5-9(13-2-12-5)14-3-15-10/h2-4,6-8,11,16-19H,1H2,(H,12,13,14,15)/t4-,6+,7+,8+,11-/m0/s1. The second-order valence-electron chi connectivity index (χ2n) is 4.60. The van der Waals surface area contributed by atoms with E-state index in [1.54, 1.807) is 0 Å². The SMILES string of the molecule is OC[C@@H]1O[C@@H](Sc2ncnc3nc[nH]c23)[C@H](O)[C@H](O)[C@@H]1O. The first kappa shape index (κ1) is 14.6. The van der Waals surface area contributed by atoms with Crippen LogP contribution in [0.4, 0.5) is 0 Å². The lowest BCUT2D eigenvalue weighted by molar-refractivity contribution is -0.205. The third-order valence-corrected chi connectivity index (χ3v) is 4.42. The maximum atomic E-state index is 10.00. The number of nitrogens with zero attached hydrogens (tertiary/aromatic N) is 3. The molecule has 3 rings (SSSR count). The number of nitrogens with one attached hydrogen (secondary N) is 1. The first-order valence-electron chi connectivity index (χ1n) is 6.23. The van der Waals surface area contributed by atoms with Gasteiger partial charge in [-0.05, 0) is 0 Å². The second-order valence-corrected chi connectivity index (χ2v) is 5.68. The number of hydrogen-bond acceptors (Lipinski definition) is 9. The molecule has 1 saturated heterocycles. The number of aliphatic hydroxyl groups is 4. The van der Waals surface area contributed by atoms with Crippen molar-refractivity contribution in [1.82, 2.24) is 19.9 Å². The monoisotopic (exact) mass is 314 g/mol. The van der Waals surface area contributed by atoms with Crippen molar-refractivity contribution in [1.29, 1.82) is 0 Å². The van der Waals surface area contributed by atoms with E-state index in [0.29, 0.717) is 16.2 Å². The van der Waals surface area contributed by atoms with Crippen LogP contribution in [0.15, 0.2) is 17.7 Å². The summed E-state index contributed by atoms with van der Waals surface area (Å²) in [5.41, 5.74) is 0.165. The summed E-state index contributed by atoms with van der Waals surface area (Å²) in [6.45, 7) is -0.467. The topological polar surface area (TPSA) is 145 Å². The van der Waals surface area contributed by atoms with E-state index in [9.17, 15) is 15.3 Å². The van der Waals surface area contributed by atoms with Gasteiger partial charge in [-0.15, -0.1) is 0 Å². The van der Waals surface area contributed by atoms with Crippen LogP contribution >= 0.6 is 11.8 Å². The number of hydrogen-bond donors (Lipinski definition) is 5. The highest BCUT2D eigenvalue weighted by Gasteiger charge is 2.44. The molecule has 9 nitrogen and oxygen atoms in total. The molecule has 5 N–H and O–H groups in total. The summed E-state index contributed by atoms with van der Waals surface area (Å²) >= 11 is 1.05. The van der Waals surface area contributed by atoms with Crippen LogP contribution < -0.4 is 0 Å². The number of imidazole rings is 1. The zero-order valence-electron chi connectivity index (χ0n) is 10.7. The van der Waals surface area contributed by atoms with Crippen molar-refractivity contribution in [2.45, 2.75) is 34.9 Å². The van der Waals surface area contributed by atoms with Crippen molar-refractivity contribution < 1.29 is 25.2 Å². The van der Waals surface area contributed by atoms with E-state index < -0.39 is 36.5 Å². The first-order valence-corrected chi connectivity index (χ1v) is 7.11. The van der Waals surface area contributed by atoms with Crippen molar-refractivity contribution in [2.75, 3.05) is 6.61 Å². The van der Waals surface area contributed by atoms with Gasteiger partial charge >= 0.3 is 0 Å². The van der Waals surface area contributed by atoms with E-state index in [1.807, 2.05) is 0 Å². The Hall–Kier alpha value is -1.30. The number of rotatable bonds is 3. The minimum Gasteiger partial charge on any atom is -0.394 e. The average molecular weight is 314 g/mol. The number of aromatic nitrogens is 4. The number of H-pyrrole nitrogens is 1. The second kappa shape index (κ2) is 5.83. The smallest absolute Gasteiger partial charge is 0.181 e. The fourth-order valence-electron chi connectivity index (χ4n) is 2.11. The lowest BCUT2D eigenvalue weighted by Crippen LogP contribution is -2.57. The number of fused-ring (bicyclic) bond motifs is 1. The van der Waals surface area contributed by atoms with E-state index in [0.717, 1.165) is 11.8 Å². The molecule has 2 aromatic rings. The molecule has 0 aromatic carbocycles. The summed E-state index contributed by atoms with van der Waals surface area (Å²) in [5, 5.41) is 39.1. The maximum absolute atomic E-state index is 10.00. The molecule has 1 aliphatic rings. The number of aliphatic hydroxyl groups excluding tert-OH is 4. The Kier molecular flexibility index (Phi) is 4.06. The van der Waals surface area contributed by atoms with Gasteiger partial charge in [0.25, 0.3) is 0 Å². The highest BCUT2D eigenvalue weighted by molar-refractivity contribution is 8.00. The van der Waals surface area contributed by atoms with Crippen LogP contribution in [0.2, 0.25) is 0 Å². The van der Waals surface area contributed by atoms with Gasteiger partial charge in [-0.2, -0.15) is 0 Å². The largest absolute Gasteiger partial charge is 0.394 e. The van der Waals surface area contributed by atoms with E-state index in [2.05, 4.69) is 19.9 Å². The Morgan fingerprint density at radius 2 is 1.95 bits per heavy atom. The van der Waals surface area contributed by atoms with Gasteiger partial charge in [-0.25, -0.2) is 15.0 Å². The molecule has 5 atom stereocenters. The summed E-state index contributed by atoms with van der Waals surface area (Å²) in [5.74, 6) is 0. The molecular weight excluding hydrogens is 300 g/mol. The van der Waals surface area contributed by atoms with E-state index in [4.69, 9.17) is 9.84 Å². The molecule has 1 aliphatic heterocycles. The highest BCUT2D eigenvalue weighted by Crippen LogP contribution is 2.34. The summed E-state index contributed by atoms with van der Waals surface area (Å²) in [6.07, 6.45) is -2.25. The minimum absolute atomic E-state index is 0.467. The third-order valence-electron chi connectivity index (χ3n) is 3.26. The van der Waals surface area contributed by atoms with Crippen molar-refractivity contribution in [3.63, 3.8) is 0 Å². The lowest BCUT2D eigenvalue weighted by atomic mass is 10.0. The Bertz CT molecular complexity index is 623. The van der Waals surface area contributed by atoms with Crippen molar-refractivity contribution in [3.05, 3.63) is 12.7 Å². The summed E-state index contributed by atoms with van der Waals surface area (Å²) in [4.78, 5) is 14.9. The molecular formula is C11H14N4O5S. The van der Waals surface area contributed by atoms with Gasteiger partial charge in [0.1, 0.15) is 46.7 Å². The molecule has 3 heterocycles. The summed E-state index contributed by atoms with van der Waals surface area (Å²) < 4.78 is 5.42. The quantitative estimate of drug-likeness (QED) is 0.416. The molecule has 0 amide bonds. The molecule has 0 radical (unpaired) electrons. The van der Waals surface area contributed by atoms with Gasteiger partial charge < -0.3 is 30.1 Å². The Morgan fingerprint density at radius 1 is 1.14 bits per heavy atom. The zero-order valence-corrected chi connectivity index (χ0v) is 11.5. The van der Waals surface area contributed by atoms with Gasteiger partial charge in [-0.1, -0.05) is 11.8 Å². The van der Waals surface area contributed by atoms with Crippen LogP contribution in [-0.4, -0.2) is 76.8 Å². The van der Waals surface area contributed by atoms with Gasteiger partial charge in [0.15, 0.2) is 5.65 Å². The summed E-state index contributed by atoms with van der Waals surface area (Å²) in [6, 6.07) is 0. The predicted molar refractivity (Wildman–Crippen MR) is 71.3 cm³/mol. The van der Waals surface area contributed by atoms with Gasteiger partial charge in [0, 0.05) is 0 Å². The van der Waals surface area contributed by atoms with E-state index in [-0.39, 0.29) is 0 Å². The van der Waals surface area contributed by atoms with Crippen LogP contribution in [0.25, 0.3) is 11.2 Å². The van der Waals surface area contributed by atoms with Crippen LogP contribution in [0.3, 0.4) is 0 Å². The molecule has 2 aromatic heterocycles. The number of ether oxygens (including phenoxy) is 1. The Morgan fingerprint density at radius 3 is 2.71 bits per heavy atom. The first-order chi connectivity index (χ1) is 10.1. The fourth-order valence-corrected chi connectivity index (χ4v) is 3.20. The Labute approximate surface area is 123 Å². The van der Waals surface area contributed by atoms with Crippen LogP contribution in [0.5, 0.6) is 0 Å². The fraction of sp³-hybridized carbons (Fsp3) is 0.545. The molecule has 0 spiro atoms. The molecule has 1 fully saturated rings. The lowest BCUT2D eigenvalue weighted by Gasteiger charge is -2.39. The molecule has 10 heteroatoms. The van der Waals surface area contributed by atoms with E-state index >= 15 is 0 Å². The van der Waals surface area contributed by atoms with Crippen molar-refractivity contribution >= 4 is 22.9 Å². The molecule has 21 heavy (non-hydrogen) atoms. The Balaban J connectivity index is 1.85. The van der Waals surface area contributed by atoms with E-state index in [1.165, 1.54) is 12.7 Å². The van der Waals surface area contributed by atoms with Crippen molar-refractivity contribution in [2.24, 2.45) is 0 Å². The predicted octanol–water partition coefficient (Wildman–Crippen LogP) is -1.76. The summed E-state index contributed by atoms with van der Waals surface area (Å²) in [7, 11) is 0. The highest BCUT2D eigenvalue weighted by atomic mass is 32.2. The molecule has 0 unspecified atom stereocenters. The van der Waals surface area contributed by atoms with Gasteiger partial charge in [0.05, 0.1) is 12.9 Å². The van der Waals surface area contributed by atoms with Gasteiger partial charge in [-0.3, -0.25) is 0 Å². The average Bonchev–Trinajstić information content (AvgIpc) is 2.97. The van der Waals surface area contributed by atoms with Crippen LogP contribution in [0.1, 0.15) is 0 Å². The third kappa shape index (κ3) is 2.61. The number of aromatic amines is 1. The van der Waals surface area contributed by atoms with Crippen LogP contribution in [-0.2, 0) is 4.74 Å². The zero-order chi connectivity index (χ0) is 15.0. The molecule has 114 valence electrons. The van der Waals surface area contributed by atoms with Crippen LogP contribution in [0, 0.1) is 0 Å². The maximum Gasteiger partial charge on any atom is 0.181 e. The normalized spacial score (nSPS) is 33.4. The molecule has 0 aliphatic carbocycles. The van der Waals surface area contributed by atoms with Crippen molar-refractivity contribution in [3.8, 4) is 0 Å². The number of thioether (sulfide) groups is 1. The molecule has 0 bridgehead atoms.